The average molecular weight is 111 g/mol. The van der Waals surface area contributed by atoms with Gasteiger partial charge in [0.15, 0.2) is 0 Å². The summed E-state index contributed by atoms with van der Waals surface area (Å²) in [5, 5.41) is 0. The zero-order chi connectivity index (χ0) is 6.62. The highest BCUT2D eigenvalue weighted by Gasteiger charge is 2.08. The smallest absolute Gasteiger partial charge is 0.0744 e. The first kappa shape index (κ1) is 7.52. The van der Waals surface area contributed by atoms with Crippen LogP contribution < -0.4 is 5.73 Å². The molecule has 8 heavy (non-hydrogen) atoms. The lowest BCUT2D eigenvalue weighted by atomic mass is 10.0. The van der Waals surface area contributed by atoms with E-state index in [1.165, 1.54) is 0 Å². The average Bonchev–Trinajstić information content (AvgIpc) is 1.67. The predicted molar refractivity (Wildman–Crippen MR) is 36.3 cm³/mol. The van der Waals surface area contributed by atoms with Gasteiger partial charge in [0.2, 0.25) is 0 Å². The molecule has 0 amide bonds. The topological polar surface area (TPSA) is 26.0 Å². The van der Waals surface area contributed by atoms with E-state index >= 15 is 0 Å². The molecule has 46 valence electrons. The van der Waals surface area contributed by atoms with Crippen molar-refractivity contribution in [2.75, 3.05) is 0 Å². The van der Waals surface area contributed by atoms with Crippen molar-refractivity contribution < 1.29 is 0 Å². The Kier molecular flexibility index (Phi) is 2.57. The summed E-state index contributed by atoms with van der Waals surface area (Å²) in [4.78, 5) is 0. The quantitative estimate of drug-likeness (QED) is 0.504. The Labute approximate surface area is 51.3 Å². The number of nitrogens with two attached hydrogens (primary N) is 1. The molecule has 0 heterocycles. The minimum atomic E-state index is -0.269. The van der Waals surface area contributed by atoms with Gasteiger partial charge in [-0.3, -0.25) is 0 Å². The molecule has 1 unspecified atom stereocenters. The van der Waals surface area contributed by atoms with Crippen LogP contribution in [0, 0.1) is 11.8 Å². The molecule has 0 saturated carbocycles. The van der Waals surface area contributed by atoms with Crippen LogP contribution in [-0.4, -0.2) is 5.54 Å². The van der Waals surface area contributed by atoms with Gasteiger partial charge in [0.05, 0.1) is 5.54 Å². The number of hydrogen-bond acceptors (Lipinski definition) is 1. The highest BCUT2D eigenvalue weighted by molar-refractivity contribution is 5.12. The maximum absolute atomic E-state index is 5.65. The minimum Gasteiger partial charge on any atom is -0.315 e. The fourth-order valence-corrected chi connectivity index (χ4v) is 0.374. The highest BCUT2D eigenvalue weighted by Crippen LogP contribution is 2.00. The predicted octanol–water partition coefficient (Wildman–Crippen LogP) is 1.14. The molecule has 0 aliphatic carbocycles. The summed E-state index contributed by atoms with van der Waals surface area (Å²) in [6.07, 6.45) is 0.911. The Morgan fingerprint density at radius 3 is 2.25 bits per heavy atom. The maximum atomic E-state index is 5.65. The van der Waals surface area contributed by atoms with Crippen LogP contribution in [0.1, 0.15) is 27.2 Å². The van der Waals surface area contributed by atoms with Crippen molar-refractivity contribution in [2.24, 2.45) is 5.73 Å². The third-order valence-electron chi connectivity index (χ3n) is 1.15. The summed E-state index contributed by atoms with van der Waals surface area (Å²) in [5.41, 5.74) is 5.38. The molecule has 0 spiro atoms. The Balaban J connectivity index is 3.85. The Hall–Kier alpha value is -0.480. The lowest BCUT2D eigenvalue weighted by Crippen LogP contribution is -2.32. The van der Waals surface area contributed by atoms with Gasteiger partial charge in [-0.1, -0.05) is 12.8 Å². The molecule has 2 N–H and O–H groups in total. The van der Waals surface area contributed by atoms with Gasteiger partial charge >= 0.3 is 0 Å². The van der Waals surface area contributed by atoms with Crippen LogP contribution in [0.3, 0.4) is 0 Å². The van der Waals surface area contributed by atoms with Crippen molar-refractivity contribution in [3.8, 4) is 11.8 Å². The zero-order valence-electron chi connectivity index (χ0n) is 5.78. The van der Waals surface area contributed by atoms with Gasteiger partial charge in [-0.15, -0.1) is 5.92 Å². The van der Waals surface area contributed by atoms with E-state index in [1.54, 1.807) is 6.92 Å². The SMILES string of the molecule is CC#CC(C)(N)CC. The lowest BCUT2D eigenvalue weighted by molar-refractivity contribution is 0.586. The second-order valence-electron chi connectivity index (χ2n) is 2.15. The van der Waals surface area contributed by atoms with Crippen LogP contribution in [0.25, 0.3) is 0 Å². The maximum Gasteiger partial charge on any atom is 0.0744 e. The molecule has 0 bridgehead atoms. The first-order valence-electron chi connectivity index (χ1n) is 2.85. The molecular formula is C7H13N. The fourth-order valence-electron chi connectivity index (χ4n) is 0.374. The van der Waals surface area contributed by atoms with Gasteiger partial charge < -0.3 is 5.73 Å². The normalized spacial score (nSPS) is 16.0. The van der Waals surface area contributed by atoms with Crippen molar-refractivity contribution in [2.45, 2.75) is 32.7 Å². The second-order valence-corrected chi connectivity index (χ2v) is 2.15. The van der Waals surface area contributed by atoms with E-state index in [4.69, 9.17) is 5.73 Å². The van der Waals surface area contributed by atoms with Gasteiger partial charge in [-0.2, -0.15) is 0 Å². The Bertz CT molecular complexity index is 114. The van der Waals surface area contributed by atoms with Gasteiger partial charge in [-0.05, 0) is 20.3 Å². The van der Waals surface area contributed by atoms with Crippen LogP contribution in [0.4, 0.5) is 0 Å². The Morgan fingerprint density at radius 2 is 2.12 bits per heavy atom. The minimum absolute atomic E-state index is 0.269. The van der Waals surface area contributed by atoms with Crippen LogP contribution >= 0.6 is 0 Å². The summed E-state index contributed by atoms with van der Waals surface area (Å²) < 4.78 is 0. The van der Waals surface area contributed by atoms with Crippen molar-refractivity contribution in [1.29, 1.82) is 0 Å². The molecule has 1 heteroatoms. The molecule has 0 aliphatic rings. The zero-order valence-corrected chi connectivity index (χ0v) is 5.78. The molecule has 1 nitrogen and oxygen atoms in total. The standard InChI is InChI=1S/C7H13N/c1-4-6-7(3,8)5-2/h5,8H2,1-3H3. The van der Waals surface area contributed by atoms with Gasteiger partial charge in [0.1, 0.15) is 0 Å². The molecular weight excluding hydrogens is 98.1 g/mol. The van der Waals surface area contributed by atoms with E-state index in [1.807, 2.05) is 13.8 Å². The largest absolute Gasteiger partial charge is 0.315 e. The molecule has 0 aromatic rings. The van der Waals surface area contributed by atoms with E-state index < -0.39 is 0 Å². The molecule has 0 saturated heterocycles. The second kappa shape index (κ2) is 2.74. The molecule has 1 atom stereocenters. The van der Waals surface area contributed by atoms with Gasteiger partial charge in [0, 0.05) is 0 Å². The van der Waals surface area contributed by atoms with E-state index in [-0.39, 0.29) is 5.54 Å². The van der Waals surface area contributed by atoms with Gasteiger partial charge in [-0.25, -0.2) is 0 Å². The first-order chi connectivity index (χ1) is 3.62. The molecule has 0 aromatic carbocycles. The molecule has 0 aliphatic heterocycles. The fraction of sp³-hybridized carbons (Fsp3) is 0.714. The van der Waals surface area contributed by atoms with Crippen LogP contribution in [0.15, 0.2) is 0 Å². The first-order valence-corrected chi connectivity index (χ1v) is 2.85. The summed E-state index contributed by atoms with van der Waals surface area (Å²) >= 11 is 0. The third-order valence-corrected chi connectivity index (χ3v) is 1.15. The van der Waals surface area contributed by atoms with E-state index in [0.717, 1.165) is 6.42 Å². The van der Waals surface area contributed by atoms with Crippen LogP contribution in [0.5, 0.6) is 0 Å². The van der Waals surface area contributed by atoms with E-state index in [0.29, 0.717) is 0 Å². The van der Waals surface area contributed by atoms with Crippen molar-refractivity contribution >= 4 is 0 Å². The van der Waals surface area contributed by atoms with Crippen LogP contribution in [0.2, 0.25) is 0 Å². The number of hydrogen-bond donors (Lipinski definition) is 1. The molecule has 0 aromatic heterocycles. The monoisotopic (exact) mass is 111 g/mol. The van der Waals surface area contributed by atoms with Crippen molar-refractivity contribution in [3.05, 3.63) is 0 Å². The lowest BCUT2D eigenvalue weighted by Gasteiger charge is -2.12. The molecule has 0 radical (unpaired) electrons. The summed E-state index contributed by atoms with van der Waals surface area (Å²) in [6.45, 7) is 5.77. The van der Waals surface area contributed by atoms with Crippen molar-refractivity contribution in [1.82, 2.24) is 0 Å². The molecule has 0 fully saturated rings. The van der Waals surface area contributed by atoms with Crippen LogP contribution in [-0.2, 0) is 0 Å². The summed E-state index contributed by atoms with van der Waals surface area (Å²) in [7, 11) is 0. The third kappa shape index (κ3) is 2.65. The highest BCUT2D eigenvalue weighted by atomic mass is 14.7. The van der Waals surface area contributed by atoms with Crippen molar-refractivity contribution in [3.63, 3.8) is 0 Å². The van der Waals surface area contributed by atoms with Gasteiger partial charge in [0.25, 0.3) is 0 Å². The van der Waals surface area contributed by atoms with E-state index in [9.17, 15) is 0 Å². The summed E-state index contributed by atoms with van der Waals surface area (Å²) in [5.74, 6) is 5.68. The Morgan fingerprint density at radius 1 is 1.62 bits per heavy atom. The molecule has 0 rings (SSSR count). The summed E-state index contributed by atoms with van der Waals surface area (Å²) in [6, 6.07) is 0. The van der Waals surface area contributed by atoms with E-state index in [2.05, 4.69) is 11.8 Å². The number of rotatable bonds is 1.